The number of rotatable bonds is 4. The zero-order valence-electron chi connectivity index (χ0n) is 13.2. The van der Waals surface area contributed by atoms with Gasteiger partial charge < -0.3 is 9.47 Å². The molecule has 0 aromatic heterocycles. The van der Waals surface area contributed by atoms with Crippen LogP contribution in [0.1, 0.15) is 5.56 Å². The lowest BCUT2D eigenvalue weighted by Crippen LogP contribution is -2.50. The summed E-state index contributed by atoms with van der Waals surface area (Å²) in [6.45, 7) is 1.76. The molecule has 0 radical (unpaired) electrons. The zero-order valence-corrected chi connectivity index (χ0v) is 15.6. The van der Waals surface area contributed by atoms with E-state index in [1.54, 1.807) is 37.3 Å². The number of halogens is 1. The minimum atomic E-state index is -3.89. The highest BCUT2D eigenvalue weighted by atomic mass is 79.9. The first-order valence-electron chi connectivity index (χ1n) is 7.33. The SMILES string of the molecule is Cc1cc(S(=O)(=O)NNC(=O)[C@@H]2COc3ccccc3O2)ccc1Br. The molecule has 0 unspecified atom stereocenters. The molecule has 0 bridgehead atoms. The number of hydrogen-bond donors (Lipinski definition) is 2. The minimum Gasteiger partial charge on any atom is -0.485 e. The Morgan fingerprint density at radius 2 is 1.92 bits per heavy atom. The van der Waals surface area contributed by atoms with Gasteiger partial charge >= 0.3 is 0 Å². The Kier molecular flexibility index (Phi) is 4.98. The van der Waals surface area contributed by atoms with Gasteiger partial charge in [0.15, 0.2) is 11.5 Å². The smallest absolute Gasteiger partial charge is 0.279 e. The van der Waals surface area contributed by atoms with Gasteiger partial charge in [-0.3, -0.25) is 10.2 Å². The molecule has 132 valence electrons. The summed E-state index contributed by atoms with van der Waals surface area (Å²) < 4.78 is 36.3. The van der Waals surface area contributed by atoms with Crippen LogP contribution >= 0.6 is 15.9 Å². The van der Waals surface area contributed by atoms with E-state index in [-0.39, 0.29) is 11.5 Å². The molecular formula is C16H15BrN2O5S. The standard InChI is InChI=1S/C16H15BrN2O5S/c1-10-8-11(6-7-12(10)17)25(21,22)19-18-16(20)15-9-23-13-4-2-3-5-14(13)24-15/h2-8,15,19H,9H2,1H3,(H,18,20)/t15-/m0/s1. The molecule has 2 aromatic rings. The molecule has 9 heteroatoms. The molecule has 1 atom stereocenters. The maximum atomic E-state index is 12.3. The number of carbonyl (C=O) groups is 1. The summed E-state index contributed by atoms with van der Waals surface area (Å²) in [4.78, 5) is 14.3. The van der Waals surface area contributed by atoms with Gasteiger partial charge in [0.1, 0.15) is 6.61 Å². The lowest BCUT2D eigenvalue weighted by molar-refractivity contribution is -0.130. The molecule has 1 amide bonds. The van der Waals surface area contributed by atoms with Crippen LogP contribution in [0.2, 0.25) is 0 Å². The summed E-state index contributed by atoms with van der Waals surface area (Å²) >= 11 is 3.31. The van der Waals surface area contributed by atoms with Crippen LogP contribution in [0.25, 0.3) is 0 Å². The quantitative estimate of drug-likeness (QED) is 0.728. The first kappa shape index (κ1) is 17.7. The molecule has 2 N–H and O–H groups in total. The van der Waals surface area contributed by atoms with Crippen molar-refractivity contribution in [1.29, 1.82) is 0 Å². The molecule has 0 saturated heterocycles. The van der Waals surface area contributed by atoms with E-state index >= 15 is 0 Å². The fraction of sp³-hybridized carbons (Fsp3) is 0.188. The first-order valence-corrected chi connectivity index (χ1v) is 9.61. The Bertz CT molecular complexity index is 916. The number of benzene rings is 2. The third kappa shape index (κ3) is 3.94. The summed E-state index contributed by atoms with van der Waals surface area (Å²) in [5.41, 5.74) is 2.92. The van der Waals surface area contributed by atoms with Gasteiger partial charge in [0.25, 0.3) is 15.9 Å². The van der Waals surface area contributed by atoms with Gasteiger partial charge in [-0.15, -0.1) is 4.83 Å². The minimum absolute atomic E-state index is 0.0119. The number of hydrazine groups is 1. The van der Waals surface area contributed by atoms with Crippen molar-refractivity contribution in [2.45, 2.75) is 17.9 Å². The number of hydrogen-bond acceptors (Lipinski definition) is 5. The van der Waals surface area contributed by atoms with Crippen molar-refractivity contribution in [2.75, 3.05) is 6.61 Å². The van der Waals surface area contributed by atoms with Crippen molar-refractivity contribution in [3.8, 4) is 11.5 Å². The molecule has 25 heavy (non-hydrogen) atoms. The average Bonchev–Trinajstić information content (AvgIpc) is 2.61. The second-order valence-electron chi connectivity index (χ2n) is 5.37. The van der Waals surface area contributed by atoms with Crippen LogP contribution in [0.4, 0.5) is 0 Å². The van der Waals surface area contributed by atoms with Crippen molar-refractivity contribution in [1.82, 2.24) is 10.3 Å². The number of ether oxygens (including phenoxy) is 2. The number of nitrogens with one attached hydrogen (secondary N) is 2. The molecule has 0 spiro atoms. The number of amides is 1. The highest BCUT2D eigenvalue weighted by Gasteiger charge is 2.28. The molecule has 2 aromatic carbocycles. The highest BCUT2D eigenvalue weighted by molar-refractivity contribution is 9.10. The van der Waals surface area contributed by atoms with Crippen LogP contribution in [0, 0.1) is 6.92 Å². The van der Waals surface area contributed by atoms with Crippen LogP contribution in [-0.2, 0) is 14.8 Å². The van der Waals surface area contributed by atoms with Gasteiger partial charge in [-0.05, 0) is 42.8 Å². The van der Waals surface area contributed by atoms with Crippen molar-refractivity contribution < 1.29 is 22.7 Å². The lowest BCUT2D eigenvalue weighted by atomic mass is 10.2. The van der Waals surface area contributed by atoms with E-state index in [4.69, 9.17) is 9.47 Å². The average molecular weight is 427 g/mol. The Morgan fingerprint density at radius 1 is 1.20 bits per heavy atom. The summed E-state index contributed by atoms with van der Waals surface area (Å²) in [7, 11) is -3.89. The molecule has 3 rings (SSSR count). The van der Waals surface area contributed by atoms with E-state index < -0.39 is 22.0 Å². The molecule has 1 aliphatic heterocycles. The van der Waals surface area contributed by atoms with Gasteiger partial charge in [0.05, 0.1) is 4.90 Å². The number of para-hydroxylation sites is 2. The maximum absolute atomic E-state index is 12.3. The van der Waals surface area contributed by atoms with E-state index in [0.29, 0.717) is 11.5 Å². The highest BCUT2D eigenvalue weighted by Crippen LogP contribution is 2.30. The van der Waals surface area contributed by atoms with Gasteiger partial charge in [-0.2, -0.15) is 0 Å². The maximum Gasteiger partial charge on any atom is 0.279 e. The van der Waals surface area contributed by atoms with E-state index in [9.17, 15) is 13.2 Å². The summed E-state index contributed by atoms with van der Waals surface area (Å²) in [6, 6.07) is 11.5. The largest absolute Gasteiger partial charge is 0.485 e. The van der Waals surface area contributed by atoms with Crippen LogP contribution in [0.15, 0.2) is 51.8 Å². The van der Waals surface area contributed by atoms with Crippen molar-refractivity contribution in [3.63, 3.8) is 0 Å². The van der Waals surface area contributed by atoms with Crippen LogP contribution in [0.5, 0.6) is 11.5 Å². The number of aryl methyl sites for hydroxylation is 1. The van der Waals surface area contributed by atoms with Gasteiger partial charge in [0, 0.05) is 4.47 Å². The zero-order chi connectivity index (χ0) is 18.0. The molecule has 0 aliphatic carbocycles. The number of sulfonamides is 1. The Labute approximate surface area is 153 Å². The second-order valence-corrected chi connectivity index (χ2v) is 7.91. The molecule has 0 saturated carbocycles. The Balaban J connectivity index is 1.65. The summed E-state index contributed by atoms with van der Waals surface area (Å²) in [5.74, 6) is 0.324. The van der Waals surface area contributed by atoms with E-state index in [2.05, 4.69) is 26.2 Å². The molecule has 1 aliphatic rings. The van der Waals surface area contributed by atoms with Gasteiger partial charge in [-0.25, -0.2) is 8.42 Å². The van der Waals surface area contributed by atoms with Crippen molar-refractivity contribution in [3.05, 3.63) is 52.5 Å². The van der Waals surface area contributed by atoms with Gasteiger partial charge in [-0.1, -0.05) is 28.1 Å². The molecular weight excluding hydrogens is 412 g/mol. The monoisotopic (exact) mass is 426 g/mol. The molecule has 1 heterocycles. The van der Waals surface area contributed by atoms with Crippen molar-refractivity contribution in [2.24, 2.45) is 0 Å². The lowest BCUT2D eigenvalue weighted by Gasteiger charge is -2.25. The first-order chi connectivity index (χ1) is 11.9. The number of carbonyl (C=O) groups excluding carboxylic acids is 1. The van der Waals surface area contributed by atoms with Crippen LogP contribution in [-0.4, -0.2) is 27.0 Å². The Hall–Kier alpha value is -2.10. The van der Waals surface area contributed by atoms with Gasteiger partial charge in [0.2, 0.25) is 6.10 Å². The predicted octanol–water partition coefficient (Wildman–Crippen LogP) is 1.91. The second kappa shape index (κ2) is 7.03. The third-order valence-corrected chi connectivity index (χ3v) is 5.68. The molecule has 7 nitrogen and oxygen atoms in total. The normalized spacial score (nSPS) is 16.3. The number of fused-ring (bicyclic) bond motifs is 1. The van der Waals surface area contributed by atoms with E-state index in [0.717, 1.165) is 10.0 Å². The topological polar surface area (TPSA) is 93.7 Å². The summed E-state index contributed by atoms with van der Waals surface area (Å²) in [6.07, 6.45) is -0.954. The van der Waals surface area contributed by atoms with Crippen molar-refractivity contribution >= 4 is 31.9 Å². The van der Waals surface area contributed by atoms with Crippen LogP contribution < -0.4 is 19.7 Å². The predicted molar refractivity (Wildman–Crippen MR) is 93.7 cm³/mol. The molecule has 0 fully saturated rings. The fourth-order valence-corrected chi connectivity index (χ4v) is 3.37. The Morgan fingerprint density at radius 3 is 2.64 bits per heavy atom. The van der Waals surface area contributed by atoms with Crippen LogP contribution in [0.3, 0.4) is 0 Å². The fourth-order valence-electron chi connectivity index (χ4n) is 2.19. The van der Waals surface area contributed by atoms with E-state index in [1.807, 2.05) is 0 Å². The van der Waals surface area contributed by atoms with E-state index in [1.165, 1.54) is 12.1 Å². The summed E-state index contributed by atoms with van der Waals surface area (Å²) in [5, 5.41) is 0. The third-order valence-electron chi connectivity index (χ3n) is 3.55.